The summed E-state index contributed by atoms with van der Waals surface area (Å²) in [4.78, 5) is 6.68. The lowest BCUT2D eigenvalue weighted by Gasteiger charge is -2.40. The summed E-state index contributed by atoms with van der Waals surface area (Å²) in [5, 5.41) is 1.15. The molecule has 19 heavy (non-hydrogen) atoms. The van der Waals surface area contributed by atoms with Gasteiger partial charge in [0.25, 0.3) is 0 Å². The van der Waals surface area contributed by atoms with Crippen molar-refractivity contribution in [3.05, 3.63) is 30.1 Å². The molecule has 1 aliphatic rings. The summed E-state index contributed by atoms with van der Waals surface area (Å²) in [6, 6.07) is 4.26. The van der Waals surface area contributed by atoms with Crippen LogP contribution >= 0.6 is 15.9 Å². The summed E-state index contributed by atoms with van der Waals surface area (Å²) in [5.41, 5.74) is 1.87. The van der Waals surface area contributed by atoms with Gasteiger partial charge in [0, 0.05) is 30.8 Å². The number of hydrogen-bond acceptors (Lipinski definition) is 2. The first-order valence-corrected chi connectivity index (χ1v) is 8.57. The third kappa shape index (κ3) is 4.28. The van der Waals surface area contributed by atoms with Gasteiger partial charge in [0.2, 0.25) is 0 Å². The zero-order chi connectivity index (χ0) is 13.6. The molecular weight excluding hydrogens is 300 g/mol. The Morgan fingerprint density at radius 2 is 1.89 bits per heavy atom. The molecule has 0 aromatic carbocycles. The van der Waals surface area contributed by atoms with Gasteiger partial charge in [-0.1, -0.05) is 42.1 Å². The lowest BCUT2D eigenvalue weighted by atomic mass is 9.75. The van der Waals surface area contributed by atoms with E-state index in [1.807, 2.05) is 12.4 Å². The maximum atomic E-state index is 4.10. The third-order valence-electron chi connectivity index (χ3n) is 4.36. The number of nitrogens with zero attached hydrogens (tertiary/aromatic N) is 2. The van der Waals surface area contributed by atoms with Crippen LogP contribution < -0.4 is 0 Å². The Bertz CT molecular complexity index is 360. The highest BCUT2D eigenvalue weighted by Gasteiger charge is 2.32. The van der Waals surface area contributed by atoms with Crippen molar-refractivity contribution >= 4 is 15.9 Å². The average Bonchev–Trinajstić information content (AvgIpc) is 2.48. The van der Waals surface area contributed by atoms with E-state index in [1.165, 1.54) is 44.2 Å². The third-order valence-corrected chi connectivity index (χ3v) is 5.55. The van der Waals surface area contributed by atoms with E-state index in [1.54, 1.807) is 0 Å². The molecule has 0 spiro atoms. The summed E-state index contributed by atoms with van der Waals surface area (Å²) >= 11 is 3.77. The van der Waals surface area contributed by atoms with Gasteiger partial charge in [-0.15, -0.1) is 0 Å². The lowest BCUT2D eigenvalue weighted by molar-refractivity contribution is 0.126. The Hall–Kier alpha value is -0.410. The van der Waals surface area contributed by atoms with Crippen molar-refractivity contribution in [2.24, 2.45) is 5.41 Å². The molecule has 0 unspecified atom stereocenters. The zero-order valence-corrected chi connectivity index (χ0v) is 13.5. The van der Waals surface area contributed by atoms with E-state index in [2.05, 4.69) is 44.9 Å². The Morgan fingerprint density at radius 1 is 1.21 bits per heavy atom. The van der Waals surface area contributed by atoms with Gasteiger partial charge < -0.3 is 0 Å². The number of pyridine rings is 1. The minimum Gasteiger partial charge on any atom is -0.299 e. The first-order chi connectivity index (χ1) is 9.28. The second kappa shape index (κ2) is 7.39. The van der Waals surface area contributed by atoms with Crippen LogP contribution in [-0.2, 0) is 6.54 Å². The molecule has 1 aromatic rings. The van der Waals surface area contributed by atoms with Gasteiger partial charge >= 0.3 is 0 Å². The Morgan fingerprint density at radius 3 is 2.47 bits per heavy atom. The molecule has 2 rings (SSSR count). The van der Waals surface area contributed by atoms with E-state index < -0.39 is 0 Å². The normalized spacial score (nSPS) is 18.7. The Balaban J connectivity index is 1.97. The monoisotopic (exact) mass is 324 g/mol. The van der Waals surface area contributed by atoms with Crippen molar-refractivity contribution in [2.75, 3.05) is 18.4 Å². The molecule has 3 heteroatoms. The highest BCUT2D eigenvalue weighted by molar-refractivity contribution is 9.09. The fourth-order valence-corrected chi connectivity index (χ4v) is 3.87. The molecule has 1 fully saturated rings. The SMILES string of the molecule is CCN(Cc1ccncc1)CC1(CBr)CCCCC1. The van der Waals surface area contributed by atoms with Crippen LogP contribution in [0.5, 0.6) is 0 Å². The Labute approximate surface area is 125 Å². The fraction of sp³-hybridized carbons (Fsp3) is 0.688. The van der Waals surface area contributed by atoms with E-state index in [-0.39, 0.29) is 0 Å². The quantitative estimate of drug-likeness (QED) is 0.727. The van der Waals surface area contributed by atoms with Gasteiger partial charge in [-0.2, -0.15) is 0 Å². The predicted octanol–water partition coefficient (Wildman–Crippen LogP) is 4.25. The van der Waals surface area contributed by atoms with Crippen LogP contribution in [0.15, 0.2) is 24.5 Å². The van der Waals surface area contributed by atoms with Crippen molar-refractivity contribution in [3.8, 4) is 0 Å². The molecule has 1 saturated carbocycles. The van der Waals surface area contributed by atoms with Crippen LogP contribution in [0.3, 0.4) is 0 Å². The first kappa shape index (κ1) is 15.0. The standard InChI is InChI=1S/C16H25BrN2/c1-2-19(12-15-6-10-18-11-7-15)14-16(13-17)8-4-3-5-9-16/h6-7,10-11H,2-5,8-9,12-14H2,1H3. The van der Waals surface area contributed by atoms with Crippen molar-refractivity contribution in [3.63, 3.8) is 0 Å². The van der Waals surface area contributed by atoms with Crippen molar-refractivity contribution in [2.45, 2.75) is 45.6 Å². The van der Waals surface area contributed by atoms with Crippen LogP contribution in [0.4, 0.5) is 0 Å². The predicted molar refractivity (Wildman–Crippen MR) is 84.5 cm³/mol. The summed E-state index contributed by atoms with van der Waals surface area (Å²) in [7, 11) is 0. The van der Waals surface area contributed by atoms with Crippen molar-refractivity contribution < 1.29 is 0 Å². The van der Waals surface area contributed by atoms with Gasteiger partial charge in [-0.25, -0.2) is 0 Å². The van der Waals surface area contributed by atoms with Crippen LogP contribution in [-0.4, -0.2) is 28.3 Å². The minimum atomic E-state index is 0.501. The summed E-state index contributed by atoms with van der Waals surface area (Å²) in [5.74, 6) is 0. The van der Waals surface area contributed by atoms with Crippen LogP contribution in [0.2, 0.25) is 0 Å². The van der Waals surface area contributed by atoms with Gasteiger partial charge in [0.15, 0.2) is 0 Å². The topological polar surface area (TPSA) is 16.1 Å². The van der Waals surface area contributed by atoms with Crippen molar-refractivity contribution in [1.29, 1.82) is 0 Å². The van der Waals surface area contributed by atoms with E-state index in [0.717, 1.165) is 18.4 Å². The molecule has 0 saturated heterocycles. The lowest BCUT2D eigenvalue weighted by Crippen LogP contribution is -2.40. The molecule has 0 amide bonds. The molecule has 2 nitrogen and oxygen atoms in total. The second-order valence-corrected chi connectivity index (χ2v) is 6.41. The molecule has 0 atom stereocenters. The Kier molecular flexibility index (Phi) is 5.83. The second-order valence-electron chi connectivity index (χ2n) is 5.85. The molecule has 106 valence electrons. The van der Waals surface area contributed by atoms with Crippen LogP contribution in [0.1, 0.15) is 44.6 Å². The maximum absolute atomic E-state index is 4.10. The van der Waals surface area contributed by atoms with Gasteiger partial charge in [-0.05, 0) is 42.5 Å². The summed E-state index contributed by atoms with van der Waals surface area (Å²) in [6.07, 6.45) is 10.8. The molecule has 1 heterocycles. The number of rotatable bonds is 6. The number of halogens is 1. The smallest absolute Gasteiger partial charge is 0.0271 e. The van der Waals surface area contributed by atoms with Crippen molar-refractivity contribution in [1.82, 2.24) is 9.88 Å². The average molecular weight is 325 g/mol. The molecule has 0 aliphatic heterocycles. The maximum Gasteiger partial charge on any atom is 0.0271 e. The molecule has 0 N–H and O–H groups in total. The number of hydrogen-bond donors (Lipinski definition) is 0. The summed E-state index contributed by atoms with van der Waals surface area (Å²) < 4.78 is 0. The van der Waals surface area contributed by atoms with Gasteiger partial charge in [0.05, 0.1) is 0 Å². The number of aromatic nitrogens is 1. The molecular formula is C16H25BrN2. The van der Waals surface area contributed by atoms with Gasteiger partial charge in [-0.3, -0.25) is 9.88 Å². The minimum absolute atomic E-state index is 0.501. The van der Waals surface area contributed by atoms with Crippen LogP contribution in [0.25, 0.3) is 0 Å². The zero-order valence-electron chi connectivity index (χ0n) is 11.9. The fourth-order valence-electron chi connectivity index (χ4n) is 3.14. The van der Waals surface area contributed by atoms with E-state index >= 15 is 0 Å². The summed E-state index contributed by atoms with van der Waals surface area (Å²) in [6.45, 7) is 5.66. The highest BCUT2D eigenvalue weighted by atomic mass is 79.9. The van der Waals surface area contributed by atoms with E-state index in [9.17, 15) is 0 Å². The van der Waals surface area contributed by atoms with E-state index in [0.29, 0.717) is 5.41 Å². The molecule has 0 bridgehead atoms. The highest BCUT2D eigenvalue weighted by Crippen LogP contribution is 2.38. The molecule has 0 radical (unpaired) electrons. The van der Waals surface area contributed by atoms with E-state index in [4.69, 9.17) is 0 Å². The largest absolute Gasteiger partial charge is 0.299 e. The molecule has 1 aromatic heterocycles. The molecule has 1 aliphatic carbocycles. The number of alkyl halides is 1. The van der Waals surface area contributed by atoms with Crippen LogP contribution in [0, 0.1) is 5.41 Å². The van der Waals surface area contributed by atoms with Gasteiger partial charge in [0.1, 0.15) is 0 Å². The first-order valence-electron chi connectivity index (χ1n) is 7.45.